The van der Waals surface area contributed by atoms with Crippen LogP contribution in [-0.4, -0.2) is 29.8 Å². The van der Waals surface area contributed by atoms with Gasteiger partial charge in [0.1, 0.15) is 12.1 Å². The first kappa shape index (κ1) is 12.9. The van der Waals surface area contributed by atoms with E-state index in [0.29, 0.717) is 29.8 Å². The first-order valence-electron chi connectivity index (χ1n) is 5.89. The van der Waals surface area contributed by atoms with E-state index in [2.05, 4.69) is 5.32 Å². The Morgan fingerprint density at radius 2 is 2.21 bits per heavy atom. The van der Waals surface area contributed by atoms with Crippen LogP contribution in [-0.2, 0) is 9.59 Å². The summed E-state index contributed by atoms with van der Waals surface area (Å²) in [5.41, 5.74) is 7.03. The van der Waals surface area contributed by atoms with Crippen molar-refractivity contribution in [2.45, 2.75) is 18.9 Å². The number of hydrogen-bond acceptors (Lipinski definition) is 5. The second kappa shape index (κ2) is 4.98. The van der Waals surface area contributed by atoms with E-state index in [-0.39, 0.29) is 11.8 Å². The van der Waals surface area contributed by atoms with E-state index in [1.54, 1.807) is 18.2 Å². The summed E-state index contributed by atoms with van der Waals surface area (Å²) in [5, 5.41) is 11.9. The van der Waals surface area contributed by atoms with Crippen LogP contribution in [0.4, 0.5) is 11.4 Å². The van der Waals surface area contributed by atoms with Crippen molar-refractivity contribution in [3.63, 3.8) is 0 Å². The van der Waals surface area contributed by atoms with Crippen molar-refractivity contribution in [3.05, 3.63) is 23.8 Å². The van der Waals surface area contributed by atoms with E-state index in [9.17, 15) is 9.59 Å². The molecule has 1 saturated heterocycles. The lowest BCUT2D eigenvalue weighted by molar-refractivity contribution is -0.146. The molecule has 0 aliphatic carbocycles. The minimum atomic E-state index is -0.446. The molecule has 0 spiro atoms. The average molecular weight is 258 g/mol. The van der Waals surface area contributed by atoms with Crippen LogP contribution in [0.5, 0.6) is 0 Å². The van der Waals surface area contributed by atoms with Crippen LogP contribution in [0.15, 0.2) is 18.2 Å². The van der Waals surface area contributed by atoms with Gasteiger partial charge in [-0.1, -0.05) is 0 Å². The number of likely N-dealkylation sites (N-methyl/N-ethyl adjacent to an activating group) is 1. The lowest BCUT2D eigenvalue weighted by Gasteiger charge is -2.28. The number of rotatable bonds is 2. The quantitative estimate of drug-likeness (QED) is 0.601. The number of nitrogen functional groups attached to an aromatic ring is 1. The fourth-order valence-corrected chi connectivity index (χ4v) is 1.99. The van der Waals surface area contributed by atoms with Gasteiger partial charge in [-0.3, -0.25) is 14.5 Å². The van der Waals surface area contributed by atoms with Gasteiger partial charge < -0.3 is 11.1 Å². The number of amides is 2. The number of imide groups is 1. The second-order valence-corrected chi connectivity index (χ2v) is 4.44. The van der Waals surface area contributed by atoms with Gasteiger partial charge in [0.2, 0.25) is 5.91 Å². The van der Waals surface area contributed by atoms with E-state index < -0.39 is 6.04 Å². The van der Waals surface area contributed by atoms with Gasteiger partial charge in [0.25, 0.3) is 5.91 Å². The van der Waals surface area contributed by atoms with Gasteiger partial charge in [-0.05, 0) is 24.6 Å². The van der Waals surface area contributed by atoms with Crippen LogP contribution in [0.1, 0.15) is 18.4 Å². The van der Waals surface area contributed by atoms with Crippen molar-refractivity contribution < 1.29 is 9.59 Å². The van der Waals surface area contributed by atoms with E-state index in [1.165, 1.54) is 7.05 Å². The summed E-state index contributed by atoms with van der Waals surface area (Å²) in [5.74, 6) is -0.426. The van der Waals surface area contributed by atoms with Gasteiger partial charge >= 0.3 is 0 Å². The highest BCUT2D eigenvalue weighted by atomic mass is 16.2. The molecule has 0 aromatic heterocycles. The number of nitrogens with two attached hydrogens (primary N) is 1. The molecule has 2 amide bonds. The second-order valence-electron chi connectivity index (χ2n) is 4.44. The summed E-state index contributed by atoms with van der Waals surface area (Å²) >= 11 is 0. The molecule has 3 N–H and O–H groups in total. The highest BCUT2D eigenvalue weighted by molar-refractivity contribution is 6.01. The number of likely N-dealkylation sites (tertiary alicyclic amines) is 1. The molecule has 1 aliphatic heterocycles. The lowest BCUT2D eigenvalue weighted by atomic mass is 10.0. The molecule has 6 nitrogen and oxygen atoms in total. The Balaban J connectivity index is 2.16. The Morgan fingerprint density at radius 3 is 2.89 bits per heavy atom. The third-order valence-corrected chi connectivity index (χ3v) is 3.16. The summed E-state index contributed by atoms with van der Waals surface area (Å²) in [6.45, 7) is 0. The summed E-state index contributed by atoms with van der Waals surface area (Å²) in [6.07, 6.45) is 0.786. The molecule has 6 heteroatoms. The predicted octanol–water partition coefficient (Wildman–Crippen LogP) is 0.700. The number of anilines is 2. The van der Waals surface area contributed by atoms with Crippen LogP contribution >= 0.6 is 0 Å². The van der Waals surface area contributed by atoms with E-state index in [4.69, 9.17) is 11.0 Å². The average Bonchev–Trinajstić information content (AvgIpc) is 2.41. The molecule has 1 aromatic rings. The largest absolute Gasteiger partial charge is 0.398 e. The zero-order valence-electron chi connectivity index (χ0n) is 10.5. The Bertz CT molecular complexity index is 576. The number of nitrogens with one attached hydrogen (secondary N) is 1. The first-order valence-corrected chi connectivity index (χ1v) is 5.89. The number of hydrogen-bond donors (Lipinski definition) is 2. The number of piperidine rings is 1. The number of nitriles is 1. The van der Waals surface area contributed by atoms with Gasteiger partial charge in [0.15, 0.2) is 0 Å². The molecule has 19 heavy (non-hydrogen) atoms. The third kappa shape index (κ3) is 2.50. The highest BCUT2D eigenvalue weighted by Gasteiger charge is 2.31. The molecule has 1 aromatic carbocycles. The summed E-state index contributed by atoms with van der Waals surface area (Å²) in [6, 6.07) is 6.46. The molecule has 1 heterocycles. The number of carbonyl (C=O) groups excluding carboxylic acids is 2. The summed E-state index contributed by atoms with van der Waals surface area (Å²) in [4.78, 5) is 24.4. The molecular formula is C13H14N4O2. The van der Waals surface area contributed by atoms with Crippen LogP contribution in [0, 0.1) is 11.3 Å². The Hall–Kier alpha value is -2.55. The van der Waals surface area contributed by atoms with Gasteiger partial charge in [-0.25, -0.2) is 0 Å². The number of nitrogens with zero attached hydrogens (tertiary/aromatic N) is 2. The molecular weight excluding hydrogens is 244 g/mol. The molecule has 1 atom stereocenters. The lowest BCUT2D eigenvalue weighted by Crippen LogP contribution is -2.48. The molecule has 0 saturated carbocycles. The normalized spacial score (nSPS) is 19.2. The van der Waals surface area contributed by atoms with E-state index in [0.717, 1.165) is 4.90 Å². The maximum absolute atomic E-state index is 11.9. The van der Waals surface area contributed by atoms with E-state index >= 15 is 0 Å². The van der Waals surface area contributed by atoms with Gasteiger partial charge in [0, 0.05) is 24.8 Å². The first-order chi connectivity index (χ1) is 9.02. The van der Waals surface area contributed by atoms with Crippen molar-refractivity contribution in [1.29, 1.82) is 5.26 Å². The Kier molecular flexibility index (Phi) is 3.38. The maximum atomic E-state index is 11.9. The molecule has 1 unspecified atom stereocenters. The molecule has 2 rings (SSSR count). The molecule has 1 fully saturated rings. The summed E-state index contributed by atoms with van der Waals surface area (Å²) in [7, 11) is 1.47. The van der Waals surface area contributed by atoms with Crippen molar-refractivity contribution in [3.8, 4) is 6.07 Å². The van der Waals surface area contributed by atoms with Gasteiger partial charge in [0.05, 0.1) is 5.56 Å². The highest BCUT2D eigenvalue weighted by Crippen LogP contribution is 2.21. The third-order valence-electron chi connectivity index (χ3n) is 3.16. The predicted molar refractivity (Wildman–Crippen MR) is 70.0 cm³/mol. The topological polar surface area (TPSA) is 99.2 Å². The van der Waals surface area contributed by atoms with Crippen LogP contribution in [0.3, 0.4) is 0 Å². The number of carbonyl (C=O) groups is 2. The number of benzene rings is 1. The van der Waals surface area contributed by atoms with Crippen LogP contribution in [0.25, 0.3) is 0 Å². The monoisotopic (exact) mass is 258 g/mol. The van der Waals surface area contributed by atoms with Crippen LogP contribution in [0.2, 0.25) is 0 Å². The molecule has 0 radical (unpaired) electrons. The molecule has 98 valence electrons. The SMILES string of the molecule is CN1C(=O)CCC(Nc2ccc(N)c(C#N)c2)C1=O. The minimum Gasteiger partial charge on any atom is -0.398 e. The van der Waals surface area contributed by atoms with E-state index in [1.807, 2.05) is 6.07 Å². The van der Waals surface area contributed by atoms with Crippen molar-refractivity contribution in [1.82, 2.24) is 4.90 Å². The van der Waals surface area contributed by atoms with Crippen LogP contribution < -0.4 is 11.1 Å². The smallest absolute Gasteiger partial charge is 0.251 e. The van der Waals surface area contributed by atoms with Gasteiger partial charge in [-0.2, -0.15) is 5.26 Å². The summed E-state index contributed by atoms with van der Waals surface area (Å²) < 4.78 is 0. The minimum absolute atomic E-state index is 0.168. The Morgan fingerprint density at radius 1 is 1.47 bits per heavy atom. The fourth-order valence-electron chi connectivity index (χ4n) is 1.99. The Labute approximate surface area is 110 Å². The zero-order chi connectivity index (χ0) is 14.0. The maximum Gasteiger partial charge on any atom is 0.251 e. The standard InChI is InChI=1S/C13H14N4O2/c1-17-12(18)5-4-11(13(17)19)16-9-2-3-10(15)8(6-9)7-14/h2-3,6,11,16H,4-5,15H2,1H3. The zero-order valence-corrected chi connectivity index (χ0v) is 10.5. The van der Waals surface area contributed by atoms with Gasteiger partial charge in [-0.15, -0.1) is 0 Å². The van der Waals surface area contributed by atoms with Crippen molar-refractivity contribution in [2.75, 3.05) is 18.1 Å². The molecule has 1 aliphatic rings. The fraction of sp³-hybridized carbons (Fsp3) is 0.308. The van der Waals surface area contributed by atoms with Crippen molar-refractivity contribution >= 4 is 23.2 Å². The molecule has 0 bridgehead atoms. The van der Waals surface area contributed by atoms with Crippen molar-refractivity contribution in [2.24, 2.45) is 0 Å².